The van der Waals surface area contributed by atoms with E-state index in [1.165, 1.54) is 0 Å². The largest absolute Gasteiger partial charge is 0.378 e. The van der Waals surface area contributed by atoms with E-state index in [1.54, 1.807) is 0 Å². The molecule has 1 unspecified atom stereocenters. The second kappa shape index (κ2) is 8.70. The highest BCUT2D eigenvalue weighted by atomic mass is 16.5. The summed E-state index contributed by atoms with van der Waals surface area (Å²) in [7, 11) is 0. The van der Waals surface area contributed by atoms with Crippen molar-refractivity contribution in [1.82, 2.24) is 9.80 Å². The Bertz CT molecular complexity index is 494. The smallest absolute Gasteiger partial charge is 0.223 e. The minimum absolute atomic E-state index is 0.122. The molecule has 0 bridgehead atoms. The molecule has 26 heavy (non-hydrogen) atoms. The van der Waals surface area contributed by atoms with Crippen molar-refractivity contribution in [1.29, 1.82) is 0 Å². The Labute approximate surface area is 157 Å². The van der Waals surface area contributed by atoms with Crippen molar-refractivity contribution >= 4 is 11.8 Å². The summed E-state index contributed by atoms with van der Waals surface area (Å²) in [5.41, 5.74) is -0.122. The van der Waals surface area contributed by atoms with Crippen LogP contribution in [0.5, 0.6) is 0 Å². The van der Waals surface area contributed by atoms with E-state index in [0.717, 1.165) is 58.5 Å². The Morgan fingerprint density at radius 3 is 2.31 bits per heavy atom. The van der Waals surface area contributed by atoms with Gasteiger partial charge in [0, 0.05) is 45.6 Å². The van der Waals surface area contributed by atoms with E-state index in [0.29, 0.717) is 37.9 Å². The van der Waals surface area contributed by atoms with E-state index in [1.807, 2.05) is 9.80 Å². The monoisotopic (exact) mass is 366 g/mol. The highest BCUT2D eigenvalue weighted by molar-refractivity contribution is 5.77. The van der Waals surface area contributed by atoms with Crippen molar-refractivity contribution in [2.45, 2.75) is 58.0 Å². The molecule has 148 valence electrons. The van der Waals surface area contributed by atoms with E-state index >= 15 is 0 Å². The van der Waals surface area contributed by atoms with E-state index < -0.39 is 0 Å². The molecule has 0 aromatic rings. The lowest BCUT2D eigenvalue weighted by atomic mass is 9.78. The first-order chi connectivity index (χ1) is 12.5. The normalized spacial score (nSPS) is 26.3. The summed E-state index contributed by atoms with van der Waals surface area (Å²) in [5, 5.41) is 0. The van der Waals surface area contributed by atoms with Gasteiger partial charge in [0.15, 0.2) is 0 Å². The Morgan fingerprint density at radius 2 is 1.65 bits per heavy atom. The third kappa shape index (κ3) is 4.97. The van der Waals surface area contributed by atoms with Gasteiger partial charge in [0.25, 0.3) is 0 Å². The zero-order chi connectivity index (χ0) is 18.6. The molecular weight excluding hydrogens is 332 g/mol. The highest BCUT2D eigenvalue weighted by Crippen LogP contribution is 2.39. The van der Waals surface area contributed by atoms with Crippen molar-refractivity contribution in [3.8, 4) is 0 Å². The quantitative estimate of drug-likeness (QED) is 0.764. The predicted octanol–water partition coefficient (Wildman–Crippen LogP) is 2.07. The van der Waals surface area contributed by atoms with Crippen LogP contribution >= 0.6 is 0 Å². The fraction of sp³-hybridized carbons (Fsp3) is 0.900. The van der Waals surface area contributed by atoms with E-state index in [4.69, 9.17) is 9.47 Å². The number of carbonyl (C=O) groups excluding carboxylic acids is 2. The molecule has 6 nitrogen and oxygen atoms in total. The molecule has 3 aliphatic heterocycles. The van der Waals surface area contributed by atoms with Gasteiger partial charge in [-0.25, -0.2) is 0 Å². The summed E-state index contributed by atoms with van der Waals surface area (Å²) in [5.74, 6) is 1.33. The molecule has 0 saturated carbocycles. The standard InChI is InChI=1S/C20H34N2O4/c1-16(2)13-18(23)21-6-4-20(5-7-21)15-17(3-10-26-20)14-19(24)22-8-11-25-12-9-22/h16-17H,3-15H2,1-2H3. The fourth-order valence-electron chi connectivity index (χ4n) is 4.48. The topological polar surface area (TPSA) is 59.1 Å². The third-order valence-electron chi connectivity index (χ3n) is 6.03. The molecule has 1 atom stereocenters. The number of ether oxygens (including phenoxy) is 2. The molecule has 2 amide bonds. The lowest BCUT2D eigenvalue weighted by molar-refractivity contribution is -0.151. The summed E-state index contributed by atoms with van der Waals surface area (Å²) >= 11 is 0. The first kappa shape index (κ1) is 19.6. The second-order valence-electron chi connectivity index (χ2n) is 8.57. The fourth-order valence-corrected chi connectivity index (χ4v) is 4.48. The number of hydrogen-bond donors (Lipinski definition) is 0. The number of nitrogens with zero attached hydrogens (tertiary/aromatic N) is 2. The molecule has 3 rings (SSSR count). The predicted molar refractivity (Wildman–Crippen MR) is 98.7 cm³/mol. The van der Waals surface area contributed by atoms with Crippen molar-refractivity contribution in [2.24, 2.45) is 11.8 Å². The van der Waals surface area contributed by atoms with E-state index in [-0.39, 0.29) is 17.4 Å². The lowest BCUT2D eigenvalue weighted by Crippen LogP contribution is -2.51. The van der Waals surface area contributed by atoms with Crippen LogP contribution in [0.4, 0.5) is 0 Å². The average Bonchev–Trinajstić information content (AvgIpc) is 2.62. The van der Waals surface area contributed by atoms with Gasteiger partial charge in [-0.3, -0.25) is 9.59 Å². The Balaban J connectivity index is 1.49. The van der Waals surface area contributed by atoms with Crippen LogP contribution in [0.25, 0.3) is 0 Å². The molecule has 0 aromatic heterocycles. The molecule has 6 heteroatoms. The van der Waals surface area contributed by atoms with E-state index in [9.17, 15) is 9.59 Å². The Morgan fingerprint density at radius 1 is 1.00 bits per heavy atom. The number of hydrogen-bond acceptors (Lipinski definition) is 4. The zero-order valence-corrected chi connectivity index (χ0v) is 16.4. The molecule has 0 N–H and O–H groups in total. The summed E-state index contributed by atoms with van der Waals surface area (Å²) in [4.78, 5) is 28.8. The maximum Gasteiger partial charge on any atom is 0.223 e. The summed E-state index contributed by atoms with van der Waals surface area (Å²) in [6, 6.07) is 0. The van der Waals surface area contributed by atoms with Crippen LogP contribution < -0.4 is 0 Å². The Hall–Kier alpha value is -1.14. The van der Waals surface area contributed by atoms with Crippen LogP contribution in [-0.4, -0.2) is 73.2 Å². The number of likely N-dealkylation sites (tertiary alicyclic amines) is 1. The van der Waals surface area contributed by atoms with Gasteiger partial charge in [-0.15, -0.1) is 0 Å². The first-order valence-electron chi connectivity index (χ1n) is 10.2. The summed E-state index contributed by atoms with van der Waals surface area (Å²) < 4.78 is 11.5. The second-order valence-corrected chi connectivity index (χ2v) is 8.57. The summed E-state index contributed by atoms with van der Waals surface area (Å²) in [6.07, 6.45) is 4.98. The molecule has 0 aromatic carbocycles. The SMILES string of the molecule is CC(C)CC(=O)N1CCC2(CC1)CC(CC(=O)N1CCOCC1)CCO2. The van der Waals surface area contributed by atoms with Crippen LogP contribution in [0.15, 0.2) is 0 Å². The van der Waals surface area contributed by atoms with Gasteiger partial charge < -0.3 is 19.3 Å². The van der Waals surface area contributed by atoms with Gasteiger partial charge in [0.2, 0.25) is 11.8 Å². The molecular formula is C20H34N2O4. The van der Waals surface area contributed by atoms with Gasteiger partial charge in [0.1, 0.15) is 0 Å². The zero-order valence-electron chi connectivity index (χ0n) is 16.4. The first-order valence-corrected chi connectivity index (χ1v) is 10.2. The average molecular weight is 367 g/mol. The van der Waals surface area contributed by atoms with Gasteiger partial charge in [-0.05, 0) is 37.5 Å². The van der Waals surface area contributed by atoms with Gasteiger partial charge in [-0.2, -0.15) is 0 Å². The van der Waals surface area contributed by atoms with Crippen LogP contribution in [0.3, 0.4) is 0 Å². The third-order valence-corrected chi connectivity index (χ3v) is 6.03. The van der Waals surface area contributed by atoms with Crippen molar-refractivity contribution < 1.29 is 19.1 Å². The van der Waals surface area contributed by atoms with Gasteiger partial charge >= 0.3 is 0 Å². The minimum Gasteiger partial charge on any atom is -0.378 e. The van der Waals surface area contributed by atoms with E-state index in [2.05, 4.69) is 13.8 Å². The molecule has 1 spiro atoms. The molecule has 3 aliphatic rings. The number of morpholine rings is 1. The number of piperidine rings is 1. The Kier molecular flexibility index (Phi) is 6.56. The maximum absolute atomic E-state index is 12.6. The molecule has 3 saturated heterocycles. The van der Waals surface area contributed by atoms with Gasteiger partial charge in [0.05, 0.1) is 18.8 Å². The number of rotatable bonds is 4. The van der Waals surface area contributed by atoms with Crippen molar-refractivity contribution in [3.05, 3.63) is 0 Å². The minimum atomic E-state index is -0.122. The maximum atomic E-state index is 12.6. The molecule has 3 heterocycles. The summed E-state index contributed by atoms with van der Waals surface area (Å²) in [6.45, 7) is 9.24. The lowest BCUT2D eigenvalue weighted by Gasteiger charge is -2.46. The molecule has 3 fully saturated rings. The van der Waals surface area contributed by atoms with Crippen LogP contribution in [-0.2, 0) is 19.1 Å². The van der Waals surface area contributed by atoms with Crippen molar-refractivity contribution in [3.63, 3.8) is 0 Å². The number of carbonyl (C=O) groups is 2. The molecule has 0 aliphatic carbocycles. The van der Waals surface area contributed by atoms with Crippen LogP contribution in [0.1, 0.15) is 52.4 Å². The molecule has 0 radical (unpaired) electrons. The van der Waals surface area contributed by atoms with Crippen LogP contribution in [0.2, 0.25) is 0 Å². The highest BCUT2D eigenvalue weighted by Gasteiger charge is 2.41. The van der Waals surface area contributed by atoms with Gasteiger partial charge in [-0.1, -0.05) is 13.8 Å². The van der Waals surface area contributed by atoms with Crippen molar-refractivity contribution in [2.75, 3.05) is 46.0 Å². The number of amides is 2. The van der Waals surface area contributed by atoms with Crippen LogP contribution in [0, 0.1) is 11.8 Å².